The fraction of sp³-hybridized carbons (Fsp3) is 0.200. The van der Waals surface area contributed by atoms with Crippen LogP contribution in [0.15, 0.2) is 65.1 Å². The Labute approximate surface area is 180 Å². The van der Waals surface area contributed by atoms with Crippen molar-refractivity contribution >= 4 is 34.3 Å². The molecule has 0 saturated heterocycles. The molecule has 0 bridgehead atoms. The van der Waals surface area contributed by atoms with E-state index in [0.717, 1.165) is 11.1 Å². The third-order valence-corrected chi connectivity index (χ3v) is 5.48. The van der Waals surface area contributed by atoms with Crippen LogP contribution in [0, 0.1) is 6.92 Å². The van der Waals surface area contributed by atoms with E-state index < -0.39 is 0 Å². The van der Waals surface area contributed by atoms with Gasteiger partial charge in [-0.25, -0.2) is 4.98 Å². The van der Waals surface area contributed by atoms with Gasteiger partial charge in [-0.1, -0.05) is 50.6 Å². The summed E-state index contributed by atoms with van der Waals surface area (Å²) in [6, 6.07) is 18.9. The molecule has 0 spiro atoms. The molecule has 0 atom stereocenters. The molecule has 1 amide bonds. The second-order valence-corrected chi connectivity index (χ2v) is 8.85. The molecule has 3 aromatic carbocycles. The van der Waals surface area contributed by atoms with Crippen molar-refractivity contribution < 1.29 is 9.21 Å². The number of fused-ring (bicyclic) bond motifs is 1. The van der Waals surface area contributed by atoms with Crippen molar-refractivity contribution in [2.75, 3.05) is 5.32 Å². The molecule has 1 aromatic heterocycles. The van der Waals surface area contributed by atoms with Gasteiger partial charge in [0.15, 0.2) is 5.58 Å². The molecule has 4 nitrogen and oxygen atoms in total. The van der Waals surface area contributed by atoms with Crippen molar-refractivity contribution in [3.05, 3.63) is 82.4 Å². The van der Waals surface area contributed by atoms with Gasteiger partial charge in [0.05, 0.1) is 0 Å². The summed E-state index contributed by atoms with van der Waals surface area (Å²) in [5.74, 6) is 0.331. The number of nitrogens with zero attached hydrogens (tertiary/aromatic N) is 1. The zero-order valence-electron chi connectivity index (χ0n) is 17.4. The van der Waals surface area contributed by atoms with Crippen LogP contribution in [0.25, 0.3) is 22.6 Å². The van der Waals surface area contributed by atoms with Gasteiger partial charge in [0.25, 0.3) is 5.91 Å². The summed E-state index contributed by atoms with van der Waals surface area (Å²) < 4.78 is 5.91. The highest BCUT2D eigenvalue weighted by atomic mass is 35.5. The average molecular weight is 419 g/mol. The zero-order valence-corrected chi connectivity index (χ0v) is 18.2. The summed E-state index contributed by atoms with van der Waals surface area (Å²) in [5, 5.41) is 3.46. The van der Waals surface area contributed by atoms with E-state index in [9.17, 15) is 4.79 Å². The first kappa shape index (κ1) is 20.2. The first-order chi connectivity index (χ1) is 14.2. The predicted molar refractivity (Wildman–Crippen MR) is 122 cm³/mol. The molecule has 5 heteroatoms. The Morgan fingerprint density at radius 2 is 1.73 bits per heavy atom. The lowest BCUT2D eigenvalue weighted by Gasteiger charge is -2.18. The lowest BCUT2D eigenvalue weighted by molar-refractivity contribution is 0.102. The van der Waals surface area contributed by atoms with Crippen LogP contribution in [-0.2, 0) is 5.41 Å². The quantitative estimate of drug-likeness (QED) is 0.389. The fourth-order valence-corrected chi connectivity index (χ4v) is 3.36. The highest BCUT2D eigenvalue weighted by Gasteiger charge is 2.15. The standard InChI is InChI=1S/C25H23ClN2O2/c1-15-5-6-17(13-20(15)26)23(29)27-19-11-12-22-21(14-19)28-24(30-22)16-7-9-18(10-8-16)25(2,3)4/h5-14H,1-4H3,(H,27,29). The van der Waals surface area contributed by atoms with Crippen molar-refractivity contribution in [2.24, 2.45) is 0 Å². The average Bonchev–Trinajstić information content (AvgIpc) is 3.13. The SMILES string of the molecule is Cc1ccc(C(=O)Nc2ccc3oc(-c4ccc(C(C)(C)C)cc4)nc3c2)cc1Cl. The molecule has 4 aromatic rings. The van der Waals surface area contributed by atoms with Gasteiger partial charge in [0.2, 0.25) is 5.89 Å². The van der Waals surface area contributed by atoms with E-state index in [1.54, 1.807) is 24.3 Å². The molecule has 0 fully saturated rings. The minimum absolute atomic E-state index is 0.0919. The van der Waals surface area contributed by atoms with Crippen molar-refractivity contribution in [1.29, 1.82) is 0 Å². The van der Waals surface area contributed by atoms with Gasteiger partial charge in [-0.3, -0.25) is 4.79 Å². The number of rotatable bonds is 3. The summed E-state index contributed by atoms with van der Waals surface area (Å²) >= 11 is 6.13. The fourth-order valence-electron chi connectivity index (χ4n) is 3.18. The number of amides is 1. The van der Waals surface area contributed by atoms with Crippen LogP contribution in [0.2, 0.25) is 5.02 Å². The van der Waals surface area contributed by atoms with Gasteiger partial charge in [0, 0.05) is 21.8 Å². The number of anilines is 1. The Morgan fingerprint density at radius 1 is 1.00 bits per heavy atom. The first-order valence-electron chi connectivity index (χ1n) is 9.80. The number of aryl methyl sites for hydroxylation is 1. The Bertz CT molecular complexity index is 1230. The molecule has 0 unspecified atom stereocenters. The van der Waals surface area contributed by atoms with Crippen LogP contribution in [0.5, 0.6) is 0 Å². The molecule has 30 heavy (non-hydrogen) atoms. The van der Waals surface area contributed by atoms with E-state index in [0.29, 0.717) is 33.3 Å². The lowest BCUT2D eigenvalue weighted by Crippen LogP contribution is -2.11. The minimum Gasteiger partial charge on any atom is -0.436 e. The molecule has 1 heterocycles. The Kier molecular flexibility index (Phi) is 5.12. The number of benzene rings is 3. The van der Waals surface area contributed by atoms with E-state index in [2.05, 4.69) is 43.2 Å². The molecular formula is C25H23ClN2O2. The number of oxazole rings is 1. The smallest absolute Gasteiger partial charge is 0.255 e. The van der Waals surface area contributed by atoms with Crippen molar-refractivity contribution in [3.8, 4) is 11.5 Å². The number of nitrogens with one attached hydrogen (secondary N) is 1. The van der Waals surface area contributed by atoms with Crippen LogP contribution >= 0.6 is 11.6 Å². The van der Waals surface area contributed by atoms with Gasteiger partial charge in [-0.15, -0.1) is 0 Å². The normalized spacial score (nSPS) is 11.6. The van der Waals surface area contributed by atoms with E-state index in [4.69, 9.17) is 16.0 Å². The Balaban J connectivity index is 1.58. The third kappa shape index (κ3) is 4.10. The Morgan fingerprint density at radius 3 is 2.40 bits per heavy atom. The van der Waals surface area contributed by atoms with Crippen LogP contribution in [0.4, 0.5) is 5.69 Å². The molecule has 1 N–H and O–H groups in total. The molecule has 4 rings (SSSR count). The summed E-state index contributed by atoms with van der Waals surface area (Å²) in [7, 11) is 0. The third-order valence-electron chi connectivity index (χ3n) is 5.08. The van der Waals surface area contributed by atoms with Gasteiger partial charge in [-0.2, -0.15) is 0 Å². The van der Waals surface area contributed by atoms with Crippen molar-refractivity contribution in [3.63, 3.8) is 0 Å². The van der Waals surface area contributed by atoms with Crippen LogP contribution in [0.3, 0.4) is 0 Å². The van der Waals surface area contributed by atoms with Crippen molar-refractivity contribution in [2.45, 2.75) is 33.1 Å². The number of halogens is 1. The minimum atomic E-state index is -0.224. The van der Waals surface area contributed by atoms with Crippen LogP contribution in [-0.4, -0.2) is 10.9 Å². The van der Waals surface area contributed by atoms with E-state index >= 15 is 0 Å². The van der Waals surface area contributed by atoms with E-state index in [-0.39, 0.29) is 11.3 Å². The Hall–Kier alpha value is -3.11. The number of hydrogen-bond donors (Lipinski definition) is 1. The van der Waals surface area contributed by atoms with Gasteiger partial charge >= 0.3 is 0 Å². The first-order valence-corrected chi connectivity index (χ1v) is 10.2. The van der Waals surface area contributed by atoms with E-state index in [1.807, 2.05) is 31.2 Å². The monoisotopic (exact) mass is 418 g/mol. The summed E-state index contributed by atoms with van der Waals surface area (Å²) in [6.45, 7) is 8.45. The number of hydrogen-bond acceptors (Lipinski definition) is 3. The van der Waals surface area contributed by atoms with Crippen molar-refractivity contribution in [1.82, 2.24) is 4.98 Å². The molecule has 0 aliphatic rings. The highest BCUT2D eigenvalue weighted by molar-refractivity contribution is 6.31. The summed E-state index contributed by atoms with van der Waals surface area (Å²) in [6.07, 6.45) is 0. The second-order valence-electron chi connectivity index (χ2n) is 8.45. The molecule has 0 saturated carbocycles. The van der Waals surface area contributed by atoms with Crippen LogP contribution < -0.4 is 5.32 Å². The largest absolute Gasteiger partial charge is 0.436 e. The molecule has 0 radical (unpaired) electrons. The lowest BCUT2D eigenvalue weighted by atomic mass is 9.87. The highest BCUT2D eigenvalue weighted by Crippen LogP contribution is 2.29. The maximum absolute atomic E-state index is 12.5. The number of aromatic nitrogens is 1. The summed E-state index contributed by atoms with van der Waals surface area (Å²) in [4.78, 5) is 17.1. The molecule has 152 valence electrons. The maximum atomic E-state index is 12.5. The maximum Gasteiger partial charge on any atom is 0.255 e. The molecule has 0 aliphatic heterocycles. The zero-order chi connectivity index (χ0) is 21.5. The van der Waals surface area contributed by atoms with Gasteiger partial charge < -0.3 is 9.73 Å². The number of carbonyl (C=O) groups is 1. The summed E-state index contributed by atoms with van der Waals surface area (Å²) in [5.41, 5.74) is 5.70. The molecule has 0 aliphatic carbocycles. The topological polar surface area (TPSA) is 55.1 Å². The number of carbonyl (C=O) groups excluding carboxylic acids is 1. The van der Waals surface area contributed by atoms with Gasteiger partial charge in [0.1, 0.15) is 5.52 Å². The van der Waals surface area contributed by atoms with Gasteiger partial charge in [-0.05, 0) is 65.9 Å². The van der Waals surface area contributed by atoms with Crippen LogP contribution in [0.1, 0.15) is 42.3 Å². The predicted octanol–water partition coefficient (Wildman–Crippen LogP) is 7.01. The second kappa shape index (κ2) is 7.62. The van der Waals surface area contributed by atoms with E-state index in [1.165, 1.54) is 5.56 Å². The molecular weight excluding hydrogens is 396 g/mol.